The zero-order valence-corrected chi connectivity index (χ0v) is 14.0. The lowest BCUT2D eigenvalue weighted by Gasteiger charge is -2.29. The molecule has 5 heteroatoms. The van der Waals surface area contributed by atoms with E-state index < -0.39 is 0 Å². The second-order valence-electron chi connectivity index (χ2n) is 6.92. The van der Waals surface area contributed by atoms with Gasteiger partial charge in [-0.1, -0.05) is 26.7 Å². The van der Waals surface area contributed by atoms with Gasteiger partial charge in [-0.25, -0.2) is 0 Å². The average molecular weight is 297 g/mol. The molecular formula is C16H31N3O2. The fraction of sp³-hybridized carbons (Fsp3) is 0.938. The topological polar surface area (TPSA) is 44.8 Å². The molecule has 0 bridgehead atoms. The van der Waals surface area contributed by atoms with Gasteiger partial charge in [-0.3, -0.25) is 10.1 Å². The first-order valence-corrected chi connectivity index (χ1v) is 8.26. The Kier molecular flexibility index (Phi) is 5.63. The first kappa shape index (κ1) is 16.7. The molecule has 2 aliphatic rings. The third-order valence-electron chi connectivity index (χ3n) is 4.92. The van der Waals surface area contributed by atoms with Crippen molar-refractivity contribution < 1.29 is 9.53 Å². The predicted molar refractivity (Wildman–Crippen MR) is 84.0 cm³/mol. The van der Waals surface area contributed by atoms with E-state index in [0.29, 0.717) is 11.8 Å². The third kappa shape index (κ3) is 3.58. The second kappa shape index (κ2) is 7.07. The maximum Gasteiger partial charge on any atom is 0.244 e. The van der Waals surface area contributed by atoms with Crippen LogP contribution in [-0.4, -0.2) is 67.8 Å². The molecule has 1 aliphatic carbocycles. The van der Waals surface area contributed by atoms with Crippen LogP contribution in [0.5, 0.6) is 0 Å². The molecule has 1 spiro atoms. The van der Waals surface area contributed by atoms with Crippen LogP contribution in [0, 0.1) is 5.92 Å². The number of carbonyl (C=O) groups is 1. The van der Waals surface area contributed by atoms with E-state index in [9.17, 15) is 4.79 Å². The highest BCUT2D eigenvalue weighted by Gasteiger charge is 2.52. The van der Waals surface area contributed by atoms with E-state index in [1.165, 1.54) is 12.8 Å². The van der Waals surface area contributed by atoms with Crippen molar-refractivity contribution in [3.05, 3.63) is 0 Å². The van der Waals surface area contributed by atoms with Crippen LogP contribution >= 0.6 is 0 Å². The number of likely N-dealkylation sites (N-methyl/N-ethyl adjacent to an activating group) is 1. The van der Waals surface area contributed by atoms with E-state index in [4.69, 9.17) is 4.74 Å². The van der Waals surface area contributed by atoms with Crippen LogP contribution in [0.4, 0.5) is 0 Å². The lowest BCUT2D eigenvalue weighted by atomic mass is 9.98. The zero-order valence-electron chi connectivity index (χ0n) is 14.0. The maximum atomic E-state index is 12.9. The lowest BCUT2D eigenvalue weighted by molar-refractivity contribution is -0.133. The van der Waals surface area contributed by atoms with E-state index in [-0.39, 0.29) is 11.7 Å². The highest BCUT2D eigenvalue weighted by Crippen LogP contribution is 2.37. The smallest absolute Gasteiger partial charge is 0.244 e. The predicted octanol–water partition coefficient (Wildman–Crippen LogP) is 1.29. The summed E-state index contributed by atoms with van der Waals surface area (Å²) >= 11 is 0. The van der Waals surface area contributed by atoms with Crippen LogP contribution in [-0.2, 0) is 9.53 Å². The molecule has 0 aromatic heterocycles. The Labute approximate surface area is 129 Å². The summed E-state index contributed by atoms with van der Waals surface area (Å²) in [6, 6.07) is 0. The molecule has 1 amide bonds. The summed E-state index contributed by atoms with van der Waals surface area (Å²) in [6.45, 7) is 7.73. The number of hydrogen-bond acceptors (Lipinski definition) is 4. The maximum absolute atomic E-state index is 12.9. The quantitative estimate of drug-likeness (QED) is 0.769. The first-order chi connectivity index (χ1) is 10.00. The van der Waals surface area contributed by atoms with Crippen LogP contribution in [0.15, 0.2) is 0 Å². The first-order valence-electron chi connectivity index (χ1n) is 8.26. The minimum atomic E-state index is -0.250. The van der Waals surface area contributed by atoms with Crippen molar-refractivity contribution in [3.8, 4) is 0 Å². The summed E-state index contributed by atoms with van der Waals surface area (Å²) in [5.74, 6) is 0.775. The molecule has 1 saturated heterocycles. The number of carbonyl (C=O) groups excluding carboxylic acids is 1. The monoisotopic (exact) mass is 297 g/mol. The van der Waals surface area contributed by atoms with Gasteiger partial charge in [0.2, 0.25) is 5.91 Å². The van der Waals surface area contributed by atoms with Gasteiger partial charge in [-0.15, -0.1) is 0 Å². The second-order valence-corrected chi connectivity index (χ2v) is 6.92. The fourth-order valence-electron chi connectivity index (χ4n) is 3.57. The molecular weight excluding hydrogens is 266 g/mol. The van der Waals surface area contributed by atoms with E-state index >= 15 is 0 Å². The third-order valence-corrected chi connectivity index (χ3v) is 4.92. The van der Waals surface area contributed by atoms with Crippen molar-refractivity contribution in [2.45, 2.75) is 51.2 Å². The largest absolute Gasteiger partial charge is 0.383 e. The van der Waals surface area contributed by atoms with Gasteiger partial charge >= 0.3 is 0 Å². The number of rotatable bonds is 7. The highest BCUT2D eigenvalue weighted by molar-refractivity contribution is 5.89. The SMILES string of the molecule is COCCN(C)CCN1C(=O)C2(CCCC2)NC1C(C)C. The Morgan fingerprint density at radius 1 is 1.38 bits per heavy atom. The van der Waals surface area contributed by atoms with Crippen molar-refractivity contribution in [1.29, 1.82) is 0 Å². The Hall–Kier alpha value is -0.650. The van der Waals surface area contributed by atoms with Crippen LogP contribution in [0.2, 0.25) is 0 Å². The van der Waals surface area contributed by atoms with Gasteiger partial charge in [0.1, 0.15) is 0 Å². The molecule has 0 aromatic rings. The van der Waals surface area contributed by atoms with Crippen molar-refractivity contribution in [3.63, 3.8) is 0 Å². The van der Waals surface area contributed by atoms with Gasteiger partial charge in [0.15, 0.2) is 0 Å². The van der Waals surface area contributed by atoms with E-state index in [2.05, 4.69) is 36.0 Å². The minimum absolute atomic E-state index is 0.187. The van der Waals surface area contributed by atoms with E-state index in [1.807, 2.05) is 0 Å². The van der Waals surface area contributed by atoms with Crippen molar-refractivity contribution in [2.24, 2.45) is 5.92 Å². The standard InChI is InChI=1S/C16H31N3O2/c1-13(2)14-17-16(7-5-6-8-16)15(20)19(14)10-9-18(3)11-12-21-4/h13-14,17H,5-12H2,1-4H3. The Morgan fingerprint density at radius 3 is 2.62 bits per heavy atom. The number of amides is 1. The summed E-state index contributed by atoms with van der Waals surface area (Å²) in [7, 11) is 3.81. The van der Waals surface area contributed by atoms with Gasteiger partial charge in [-0.2, -0.15) is 0 Å². The summed E-state index contributed by atoms with van der Waals surface area (Å²) < 4.78 is 5.11. The van der Waals surface area contributed by atoms with Crippen molar-refractivity contribution in [2.75, 3.05) is 40.4 Å². The molecule has 122 valence electrons. The van der Waals surface area contributed by atoms with E-state index in [0.717, 1.165) is 39.1 Å². The summed E-state index contributed by atoms with van der Waals surface area (Å²) in [6.07, 6.45) is 4.54. The number of nitrogens with zero attached hydrogens (tertiary/aromatic N) is 2. The molecule has 1 aliphatic heterocycles. The average Bonchev–Trinajstić information content (AvgIpc) is 3.03. The number of nitrogens with one attached hydrogen (secondary N) is 1. The van der Waals surface area contributed by atoms with Crippen LogP contribution in [0.25, 0.3) is 0 Å². The van der Waals surface area contributed by atoms with Gasteiger partial charge in [-0.05, 0) is 25.8 Å². The minimum Gasteiger partial charge on any atom is -0.383 e. The molecule has 1 N–H and O–H groups in total. The normalized spacial score (nSPS) is 25.0. The molecule has 0 aromatic carbocycles. The molecule has 1 heterocycles. The van der Waals surface area contributed by atoms with Gasteiger partial charge in [0.25, 0.3) is 0 Å². The number of ether oxygens (including phenoxy) is 1. The molecule has 0 radical (unpaired) electrons. The van der Waals surface area contributed by atoms with Crippen LogP contribution in [0.3, 0.4) is 0 Å². The Balaban J connectivity index is 1.97. The molecule has 1 atom stereocenters. The van der Waals surface area contributed by atoms with Crippen molar-refractivity contribution in [1.82, 2.24) is 15.1 Å². The zero-order chi connectivity index (χ0) is 15.5. The highest BCUT2D eigenvalue weighted by atomic mass is 16.5. The number of hydrogen-bond donors (Lipinski definition) is 1. The lowest BCUT2D eigenvalue weighted by Crippen LogP contribution is -2.46. The Bertz CT molecular complexity index is 353. The van der Waals surface area contributed by atoms with Gasteiger partial charge in [0.05, 0.1) is 18.3 Å². The van der Waals surface area contributed by atoms with Crippen LogP contribution < -0.4 is 5.32 Å². The summed E-state index contributed by atoms with van der Waals surface area (Å²) in [4.78, 5) is 17.2. The molecule has 2 rings (SSSR count). The molecule has 5 nitrogen and oxygen atoms in total. The molecule has 21 heavy (non-hydrogen) atoms. The fourth-order valence-corrected chi connectivity index (χ4v) is 3.57. The Morgan fingerprint density at radius 2 is 2.05 bits per heavy atom. The van der Waals surface area contributed by atoms with Gasteiger partial charge in [0, 0.05) is 26.7 Å². The van der Waals surface area contributed by atoms with E-state index in [1.54, 1.807) is 7.11 Å². The molecule has 2 fully saturated rings. The molecule has 1 unspecified atom stereocenters. The number of methoxy groups -OCH3 is 1. The molecule has 1 saturated carbocycles. The van der Waals surface area contributed by atoms with Crippen LogP contribution in [0.1, 0.15) is 39.5 Å². The van der Waals surface area contributed by atoms with Crippen molar-refractivity contribution >= 4 is 5.91 Å². The summed E-state index contributed by atoms with van der Waals surface area (Å²) in [5.41, 5.74) is -0.250. The summed E-state index contributed by atoms with van der Waals surface area (Å²) in [5, 5.41) is 3.67. The van der Waals surface area contributed by atoms with Gasteiger partial charge < -0.3 is 14.5 Å².